The number of hydrogen-bond donors (Lipinski definition) is 2. The summed E-state index contributed by atoms with van der Waals surface area (Å²) in [6, 6.07) is 0. The van der Waals surface area contributed by atoms with Gasteiger partial charge in [-0.15, -0.1) is 0 Å². The van der Waals surface area contributed by atoms with Gasteiger partial charge in [-0.3, -0.25) is 9.59 Å². The summed E-state index contributed by atoms with van der Waals surface area (Å²) in [5.74, 6) is 2.34. The van der Waals surface area contributed by atoms with Crippen molar-refractivity contribution in [1.29, 1.82) is 0 Å². The third-order valence-corrected chi connectivity index (χ3v) is 11.9. The highest BCUT2D eigenvalue weighted by Crippen LogP contribution is 2.17. The van der Waals surface area contributed by atoms with Crippen molar-refractivity contribution < 1.29 is 14.7 Å². The van der Waals surface area contributed by atoms with Crippen molar-refractivity contribution in [3.8, 4) is 0 Å². The molecule has 0 aromatic heterocycles. The van der Waals surface area contributed by atoms with Crippen molar-refractivity contribution in [3.63, 3.8) is 0 Å². The van der Waals surface area contributed by atoms with Gasteiger partial charge in [0.25, 0.3) is 0 Å². The van der Waals surface area contributed by atoms with Crippen LogP contribution in [0.25, 0.3) is 0 Å². The van der Waals surface area contributed by atoms with Gasteiger partial charge >= 0.3 is 5.97 Å². The van der Waals surface area contributed by atoms with E-state index in [1.807, 2.05) is 0 Å². The molecule has 0 rings (SSSR count). The quantitative estimate of drug-likeness (QED) is 0.0611. The maximum absolute atomic E-state index is 12.0. The van der Waals surface area contributed by atoms with Crippen molar-refractivity contribution in [1.82, 2.24) is 5.32 Å². The minimum absolute atomic E-state index is 0.230. The van der Waals surface area contributed by atoms with E-state index in [0.29, 0.717) is 12.8 Å². The van der Waals surface area contributed by atoms with Gasteiger partial charge in [0, 0.05) is 19.4 Å². The van der Waals surface area contributed by atoms with E-state index < -0.39 is 5.97 Å². The van der Waals surface area contributed by atoms with E-state index in [4.69, 9.17) is 5.11 Å². The number of amides is 1. The number of rotatable bonds is 45. The fraction of sp³-hybridized carbons (Fsp3) is 0.957. The average molecular weight is 738 g/mol. The molecule has 0 saturated carbocycles. The Hall–Kier alpha value is -0.710. The fourth-order valence-electron chi connectivity index (χ4n) is 7.24. The second kappa shape index (κ2) is 45.4. The molecule has 51 heavy (non-hydrogen) atoms. The molecule has 0 aliphatic heterocycles. The summed E-state index contributed by atoms with van der Waals surface area (Å²) in [4.78, 5) is 22.5. The Morgan fingerprint density at radius 2 is 0.647 bits per heavy atom. The number of carbonyl (C=O) groups excluding carboxylic acids is 1. The molecule has 0 saturated heterocycles. The maximum atomic E-state index is 12.0. The average Bonchev–Trinajstić information content (AvgIpc) is 3.12. The lowest BCUT2D eigenvalue weighted by atomic mass is 10.0. The van der Waals surface area contributed by atoms with Gasteiger partial charge in [0.05, 0.1) is 0 Å². The van der Waals surface area contributed by atoms with E-state index in [1.54, 1.807) is 0 Å². The third kappa shape index (κ3) is 47.3. The third-order valence-electron chi connectivity index (χ3n) is 10.7. The number of nitrogens with one attached hydrogen (secondary N) is 1. The number of carbonyl (C=O) groups is 2. The lowest BCUT2D eigenvalue weighted by molar-refractivity contribution is -0.137. The van der Waals surface area contributed by atoms with Crippen LogP contribution in [0.5, 0.6) is 0 Å². The molecule has 0 aromatic carbocycles. The minimum atomic E-state index is -0.682. The van der Waals surface area contributed by atoms with Gasteiger partial charge in [0.1, 0.15) is 0 Å². The van der Waals surface area contributed by atoms with Crippen LogP contribution >= 0.6 is 11.8 Å². The number of thioether (sulfide) groups is 1. The van der Waals surface area contributed by atoms with Gasteiger partial charge in [-0.1, -0.05) is 219 Å². The molecule has 0 fully saturated rings. The first kappa shape index (κ1) is 50.3. The predicted octanol–water partition coefficient (Wildman–Crippen LogP) is 15.5. The number of aliphatic carboxylic acids is 1. The van der Waals surface area contributed by atoms with Crippen LogP contribution in [-0.4, -0.2) is 35.0 Å². The van der Waals surface area contributed by atoms with Crippen LogP contribution in [0, 0.1) is 0 Å². The number of hydrogen-bond acceptors (Lipinski definition) is 3. The Bertz CT molecular complexity index is 687. The molecule has 0 spiro atoms. The zero-order valence-electron chi connectivity index (χ0n) is 34.6. The standard InChI is InChI=1S/C46H91NO3S/c1-2-3-4-5-6-7-23-28-33-38-43-51-44-39-34-29-24-19-17-15-13-11-9-8-10-12-14-16-18-20-25-30-35-40-45(48)47-42-37-32-27-22-21-26-31-36-41-46(49)50/h2-44H2,1H3,(H,47,48)(H,49,50). The molecule has 2 N–H and O–H groups in total. The maximum Gasteiger partial charge on any atom is 0.303 e. The summed E-state index contributed by atoms with van der Waals surface area (Å²) in [6.45, 7) is 3.12. The van der Waals surface area contributed by atoms with Crippen LogP contribution in [0.15, 0.2) is 0 Å². The molecular formula is C46H91NO3S. The summed E-state index contributed by atoms with van der Waals surface area (Å²) in [6.07, 6.45) is 52.2. The normalized spacial score (nSPS) is 11.4. The van der Waals surface area contributed by atoms with Crippen LogP contribution < -0.4 is 5.32 Å². The summed E-state index contributed by atoms with van der Waals surface area (Å²) >= 11 is 2.21. The van der Waals surface area contributed by atoms with E-state index >= 15 is 0 Å². The van der Waals surface area contributed by atoms with Crippen molar-refractivity contribution in [2.75, 3.05) is 18.1 Å². The van der Waals surface area contributed by atoms with E-state index in [9.17, 15) is 9.59 Å². The molecule has 0 heterocycles. The van der Waals surface area contributed by atoms with E-state index in [0.717, 1.165) is 38.6 Å². The molecule has 1 amide bonds. The zero-order valence-corrected chi connectivity index (χ0v) is 35.4. The number of carboxylic acid groups (broad SMARTS) is 1. The first-order valence-corrected chi connectivity index (χ1v) is 24.4. The molecular weight excluding hydrogens is 647 g/mol. The van der Waals surface area contributed by atoms with Gasteiger partial charge in [-0.2, -0.15) is 11.8 Å². The molecule has 0 bridgehead atoms. The van der Waals surface area contributed by atoms with Gasteiger partial charge in [0.15, 0.2) is 0 Å². The predicted molar refractivity (Wildman–Crippen MR) is 228 cm³/mol. The first-order chi connectivity index (χ1) is 25.2. The van der Waals surface area contributed by atoms with Gasteiger partial charge in [-0.05, 0) is 43.6 Å². The molecule has 0 radical (unpaired) electrons. The lowest BCUT2D eigenvalue weighted by Gasteiger charge is -2.06. The van der Waals surface area contributed by atoms with Crippen molar-refractivity contribution >= 4 is 23.6 Å². The minimum Gasteiger partial charge on any atom is -0.481 e. The SMILES string of the molecule is CCCCCCCCCCCCSCCCCCCCCCCCCCCCCCCCCCCC(=O)NCCCCCCCCCCC(=O)O. The van der Waals surface area contributed by atoms with E-state index in [1.165, 1.54) is 223 Å². The lowest BCUT2D eigenvalue weighted by Crippen LogP contribution is -2.23. The molecule has 0 unspecified atom stereocenters. The second-order valence-electron chi connectivity index (χ2n) is 15.9. The van der Waals surface area contributed by atoms with Crippen LogP contribution in [0.2, 0.25) is 0 Å². The van der Waals surface area contributed by atoms with Crippen LogP contribution in [0.3, 0.4) is 0 Å². The molecule has 0 aliphatic rings. The second-order valence-corrected chi connectivity index (χ2v) is 17.2. The molecule has 5 heteroatoms. The molecule has 4 nitrogen and oxygen atoms in total. The number of carboxylic acids is 1. The van der Waals surface area contributed by atoms with Gasteiger partial charge in [0.2, 0.25) is 5.91 Å². The smallest absolute Gasteiger partial charge is 0.303 e. The monoisotopic (exact) mass is 738 g/mol. The summed E-state index contributed by atoms with van der Waals surface area (Å²) in [5.41, 5.74) is 0. The highest BCUT2D eigenvalue weighted by atomic mass is 32.2. The Labute approximate surface area is 324 Å². The zero-order chi connectivity index (χ0) is 37.0. The summed E-state index contributed by atoms with van der Waals surface area (Å²) < 4.78 is 0. The topological polar surface area (TPSA) is 66.4 Å². The molecule has 0 aromatic rings. The van der Waals surface area contributed by atoms with Gasteiger partial charge in [-0.25, -0.2) is 0 Å². The van der Waals surface area contributed by atoms with Gasteiger partial charge < -0.3 is 10.4 Å². The Morgan fingerprint density at radius 1 is 0.373 bits per heavy atom. The van der Waals surface area contributed by atoms with E-state index in [-0.39, 0.29) is 5.91 Å². The largest absolute Gasteiger partial charge is 0.481 e. The van der Waals surface area contributed by atoms with Crippen molar-refractivity contribution in [3.05, 3.63) is 0 Å². The fourth-order valence-corrected chi connectivity index (χ4v) is 8.26. The highest BCUT2D eigenvalue weighted by Gasteiger charge is 2.02. The Balaban J connectivity index is 3.12. The van der Waals surface area contributed by atoms with E-state index in [2.05, 4.69) is 24.0 Å². The molecule has 0 atom stereocenters. The highest BCUT2D eigenvalue weighted by molar-refractivity contribution is 7.99. The first-order valence-electron chi connectivity index (χ1n) is 23.2. The van der Waals surface area contributed by atoms with Crippen molar-refractivity contribution in [2.24, 2.45) is 0 Å². The Kier molecular flexibility index (Phi) is 44.8. The Morgan fingerprint density at radius 3 is 0.980 bits per heavy atom. The van der Waals surface area contributed by atoms with Crippen LogP contribution in [0.1, 0.15) is 264 Å². The van der Waals surface area contributed by atoms with Crippen molar-refractivity contribution in [2.45, 2.75) is 264 Å². The summed E-state index contributed by atoms with van der Waals surface area (Å²) in [7, 11) is 0. The van der Waals surface area contributed by atoms with Crippen LogP contribution in [-0.2, 0) is 9.59 Å². The molecule has 304 valence electrons. The number of unbranched alkanes of at least 4 members (excludes halogenated alkanes) is 35. The molecule has 0 aliphatic carbocycles. The summed E-state index contributed by atoms with van der Waals surface area (Å²) in [5, 5.41) is 11.7. The van der Waals surface area contributed by atoms with Crippen LogP contribution in [0.4, 0.5) is 0 Å².